The van der Waals surface area contributed by atoms with Crippen molar-refractivity contribution in [2.24, 2.45) is 5.92 Å². The highest BCUT2D eigenvalue weighted by Gasteiger charge is 2.35. The number of carbonyl (C=O) groups excluding carboxylic acids is 2. The van der Waals surface area contributed by atoms with E-state index >= 15 is 0 Å². The summed E-state index contributed by atoms with van der Waals surface area (Å²) >= 11 is 1.22. The van der Waals surface area contributed by atoms with Crippen LogP contribution in [0.3, 0.4) is 0 Å². The highest BCUT2D eigenvalue weighted by Crippen LogP contribution is 2.44. The monoisotopic (exact) mass is 477 g/mol. The minimum absolute atomic E-state index is 0.0269. The summed E-state index contributed by atoms with van der Waals surface area (Å²) in [7, 11) is 0. The molecule has 3 aromatic rings. The molecule has 2 aromatic carbocycles. The van der Waals surface area contributed by atoms with Crippen LogP contribution in [0.2, 0.25) is 0 Å². The number of hydrogen-bond donors (Lipinski definition) is 3. The van der Waals surface area contributed by atoms with E-state index in [0.29, 0.717) is 23.7 Å². The van der Waals surface area contributed by atoms with Gasteiger partial charge in [-0.2, -0.15) is 0 Å². The molecule has 5 rings (SSSR count). The zero-order chi connectivity index (χ0) is 23.7. The highest BCUT2D eigenvalue weighted by atomic mass is 32.1. The Morgan fingerprint density at radius 3 is 2.32 bits per heavy atom. The number of thiazole rings is 1. The van der Waals surface area contributed by atoms with Gasteiger partial charge in [0, 0.05) is 17.3 Å². The molecule has 9 heteroatoms. The molecule has 1 fully saturated rings. The van der Waals surface area contributed by atoms with Gasteiger partial charge in [-0.3, -0.25) is 14.9 Å². The van der Waals surface area contributed by atoms with Crippen LogP contribution in [0.15, 0.2) is 53.9 Å². The van der Waals surface area contributed by atoms with Crippen LogP contribution in [-0.4, -0.2) is 40.7 Å². The van der Waals surface area contributed by atoms with Gasteiger partial charge in [-0.15, -0.1) is 11.3 Å². The number of hydrogen-bond acceptors (Lipinski definition) is 6. The lowest BCUT2D eigenvalue weighted by Crippen LogP contribution is -2.47. The van der Waals surface area contributed by atoms with Crippen molar-refractivity contribution in [1.82, 2.24) is 10.3 Å². The SMILES string of the molecule is O=C(Cc1csc(NC(=O)OCC2c3ccccc3-c3ccccc32)n1)NC1CC(C(=O)O)C1. The van der Waals surface area contributed by atoms with E-state index in [1.165, 1.54) is 11.3 Å². The number of ether oxygens (including phenoxy) is 1. The number of nitrogens with one attached hydrogen (secondary N) is 2. The summed E-state index contributed by atoms with van der Waals surface area (Å²) in [6, 6.07) is 16.2. The molecule has 0 spiro atoms. The van der Waals surface area contributed by atoms with Gasteiger partial charge in [-0.05, 0) is 35.1 Å². The van der Waals surface area contributed by atoms with Gasteiger partial charge >= 0.3 is 12.1 Å². The molecule has 0 saturated heterocycles. The third-order valence-corrected chi connectivity index (χ3v) is 7.11. The predicted molar refractivity (Wildman–Crippen MR) is 127 cm³/mol. The number of amides is 2. The summed E-state index contributed by atoms with van der Waals surface area (Å²) in [5.41, 5.74) is 5.14. The van der Waals surface area contributed by atoms with Crippen molar-refractivity contribution < 1.29 is 24.2 Å². The Morgan fingerprint density at radius 2 is 1.68 bits per heavy atom. The molecule has 0 bridgehead atoms. The van der Waals surface area contributed by atoms with Gasteiger partial charge in [0.25, 0.3) is 0 Å². The second-order valence-corrected chi connectivity index (χ2v) is 9.40. The fraction of sp³-hybridized carbons (Fsp3) is 0.280. The van der Waals surface area contributed by atoms with E-state index in [9.17, 15) is 14.4 Å². The van der Waals surface area contributed by atoms with Crippen molar-refractivity contribution in [1.29, 1.82) is 0 Å². The molecular formula is C25H23N3O5S. The number of rotatable bonds is 7. The number of fused-ring (bicyclic) bond motifs is 3. The van der Waals surface area contributed by atoms with Crippen LogP contribution in [-0.2, 0) is 20.7 Å². The Kier molecular flexibility index (Phi) is 6.02. The Morgan fingerprint density at radius 1 is 1.03 bits per heavy atom. The first-order valence-electron chi connectivity index (χ1n) is 11.1. The van der Waals surface area contributed by atoms with Crippen LogP contribution < -0.4 is 10.6 Å². The maximum absolute atomic E-state index is 12.4. The van der Waals surface area contributed by atoms with Gasteiger partial charge in [-0.25, -0.2) is 9.78 Å². The third-order valence-electron chi connectivity index (χ3n) is 6.30. The zero-order valence-corrected chi connectivity index (χ0v) is 19.0. The molecule has 174 valence electrons. The number of carboxylic acids is 1. The minimum atomic E-state index is -0.825. The first-order chi connectivity index (χ1) is 16.5. The van der Waals surface area contributed by atoms with Crippen molar-refractivity contribution >= 4 is 34.4 Å². The molecule has 2 aliphatic rings. The summed E-state index contributed by atoms with van der Waals surface area (Å²) in [4.78, 5) is 39.7. The van der Waals surface area contributed by atoms with Crippen molar-refractivity contribution in [3.8, 4) is 11.1 Å². The van der Waals surface area contributed by atoms with Crippen LogP contribution in [0.25, 0.3) is 11.1 Å². The lowest BCUT2D eigenvalue weighted by atomic mass is 9.80. The van der Waals surface area contributed by atoms with Crippen molar-refractivity contribution in [2.45, 2.75) is 31.2 Å². The third kappa shape index (κ3) is 4.51. The predicted octanol–water partition coefficient (Wildman–Crippen LogP) is 4.03. The van der Waals surface area contributed by atoms with Crippen LogP contribution in [0, 0.1) is 5.92 Å². The normalized spacial score (nSPS) is 18.4. The maximum Gasteiger partial charge on any atom is 0.413 e. The minimum Gasteiger partial charge on any atom is -0.481 e. The van der Waals surface area contributed by atoms with E-state index in [1.54, 1.807) is 5.38 Å². The molecule has 2 aliphatic carbocycles. The van der Waals surface area contributed by atoms with Crippen molar-refractivity contribution in [3.05, 3.63) is 70.7 Å². The highest BCUT2D eigenvalue weighted by molar-refractivity contribution is 7.13. The zero-order valence-electron chi connectivity index (χ0n) is 18.2. The van der Waals surface area contributed by atoms with E-state index in [2.05, 4.69) is 39.9 Å². The number of aromatic nitrogens is 1. The fourth-order valence-electron chi connectivity index (χ4n) is 4.55. The van der Waals surface area contributed by atoms with E-state index in [1.807, 2.05) is 24.3 Å². The number of benzene rings is 2. The first kappa shape index (κ1) is 22.1. The summed E-state index contributed by atoms with van der Waals surface area (Å²) < 4.78 is 5.53. The number of anilines is 1. The van der Waals surface area contributed by atoms with E-state index in [-0.39, 0.29) is 36.8 Å². The second-order valence-electron chi connectivity index (χ2n) is 8.54. The summed E-state index contributed by atoms with van der Waals surface area (Å²) in [6.45, 7) is 0.208. The molecular weight excluding hydrogens is 454 g/mol. The fourth-order valence-corrected chi connectivity index (χ4v) is 5.24. The average molecular weight is 478 g/mol. The summed E-state index contributed by atoms with van der Waals surface area (Å²) in [6.07, 6.45) is 0.373. The molecule has 1 aromatic heterocycles. The molecule has 3 N–H and O–H groups in total. The molecule has 8 nitrogen and oxygen atoms in total. The van der Waals surface area contributed by atoms with Crippen molar-refractivity contribution in [3.63, 3.8) is 0 Å². The lowest BCUT2D eigenvalue weighted by Gasteiger charge is -2.32. The molecule has 34 heavy (non-hydrogen) atoms. The second kappa shape index (κ2) is 9.26. The Bertz CT molecular complexity index is 1210. The lowest BCUT2D eigenvalue weighted by molar-refractivity contribution is -0.146. The molecule has 0 aliphatic heterocycles. The maximum atomic E-state index is 12.4. The van der Waals surface area contributed by atoms with Crippen molar-refractivity contribution in [2.75, 3.05) is 11.9 Å². The quantitative estimate of drug-likeness (QED) is 0.473. The standard InChI is InChI=1S/C25H23N3O5S/c29-22(26-15-9-14(10-15)23(30)31)11-16-13-34-24(27-16)28-25(32)33-12-21-19-7-3-1-5-17(19)18-6-2-4-8-20(18)21/h1-8,13-15,21H,9-12H2,(H,26,29)(H,30,31)(H,27,28,32). The van der Waals surface area contributed by atoms with E-state index in [0.717, 1.165) is 22.3 Å². The topological polar surface area (TPSA) is 118 Å². The Labute approximate surface area is 200 Å². The van der Waals surface area contributed by atoms with Crippen LogP contribution in [0.5, 0.6) is 0 Å². The largest absolute Gasteiger partial charge is 0.481 e. The molecule has 0 unspecified atom stereocenters. The number of carbonyl (C=O) groups is 3. The van der Waals surface area contributed by atoms with Crippen LogP contribution >= 0.6 is 11.3 Å². The first-order valence-corrected chi connectivity index (χ1v) is 11.9. The smallest absolute Gasteiger partial charge is 0.413 e. The number of nitrogens with zero attached hydrogens (tertiary/aromatic N) is 1. The van der Waals surface area contributed by atoms with Crippen LogP contribution in [0.1, 0.15) is 35.6 Å². The molecule has 0 atom stereocenters. The summed E-state index contributed by atoms with van der Waals surface area (Å²) in [5, 5.41) is 16.4. The van der Waals surface area contributed by atoms with Gasteiger partial charge in [0.1, 0.15) is 6.61 Å². The van der Waals surface area contributed by atoms with Gasteiger partial charge in [0.15, 0.2) is 5.13 Å². The number of aliphatic carboxylic acids is 1. The molecule has 1 saturated carbocycles. The van der Waals surface area contributed by atoms with E-state index < -0.39 is 12.1 Å². The van der Waals surface area contributed by atoms with Gasteiger partial charge < -0.3 is 15.2 Å². The molecule has 2 amide bonds. The summed E-state index contributed by atoms with van der Waals surface area (Å²) in [5.74, 6) is -1.45. The van der Waals surface area contributed by atoms with Gasteiger partial charge in [-0.1, -0.05) is 48.5 Å². The molecule has 0 radical (unpaired) electrons. The van der Waals surface area contributed by atoms with Crippen LogP contribution in [0.4, 0.5) is 9.93 Å². The number of carboxylic acid groups (broad SMARTS) is 1. The van der Waals surface area contributed by atoms with Gasteiger partial charge in [0.2, 0.25) is 5.91 Å². The Hall–Kier alpha value is -3.72. The Balaban J connectivity index is 1.12. The average Bonchev–Trinajstić information content (AvgIpc) is 3.36. The molecule has 1 heterocycles. The van der Waals surface area contributed by atoms with Gasteiger partial charge in [0.05, 0.1) is 18.0 Å². The van der Waals surface area contributed by atoms with E-state index in [4.69, 9.17) is 9.84 Å².